The van der Waals surface area contributed by atoms with Crippen molar-refractivity contribution in [2.24, 2.45) is 0 Å². The predicted octanol–water partition coefficient (Wildman–Crippen LogP) is 9.03. The molecule has 0 bridgehead atoms. The summed E-state index contributed by atoms with van der Waals surface area (Å²) in [4.78, 5) is 17.8. The summed E-state index contributed by atoms with van der Waals surface area (Å²) in [6.45, 7) is 0. The van der Waals surface area contributed by atoms with Crippen molar-refractivity contribution < 1.29 is 19.4 Å². The minimum absolute atomic E-state index is 0.431. The highest BCUT2D eigenvalue weighted by Crippen LogP contribution is 2.37. The van der Waals surface area contributed by atoms with Gasteiger partial charge in [0.25, 0.3) is 0 Å². The molecule has 0 fully saturated rings. The van der Waals surface area contributed by atoms with Crippen LogP contribution in [0.25, 0.3) is 11.5 Å². The number of benzene rings is 6. The lowest BCUT2D eigenvalue weighted by atomic mass is 10.0. The van der Waals surface area contributed by atoms with Crippen LogP contribution in [0.15, 0.2) is 176 Å². The summed E-state index contributed by atoms with van der Waals surface area (Å²) in [5.41, 5.74) is 8.95. The lowest BCUT2D eigenvalue weighted by molar-refractivity contribution is -0.0330. The summed E-state index contributed by atoms with van der Waals surface area (Å²) >= 11 is 0. The third-order valence-electron chi connectivity index (χ3n) is 9.69. The van der Waals surface area contributed by atoms with E-state index >= 15 is 0 Å². The van der Waals surface area contributed by atoms with Crippen molar-refractivity contribution in [3.05, 3.63) is 208 Å². The minimum atomic E-state index is -1.18. The van der Waals surface area contributed by atoms with Gasteiger partial charge in [-0.2, -0.15) is 0 Å². The van der Waals surface area contributed by atoms with Gasteiger partial charge in [-0.25, -0.2) is 4.79 Å². The van der Waals surface area contributed by atoms with Gasteiger partial charge in [0.1, 0.15) is 11.5 Å². The van der Waals surface area contributed by atoms with E-state index in [9.17, 15) is 9.90 Å². The number of carbonyl (C=O) groups excluding carboxylic acids is 1. The summed E-state index contributed by atoms with van der Waals surface area (Å²) in [5, 5.41) is 12.4. The molecular weight excluding hydrogens is 645 g/mol. The SMILES string of the molecule is O=C1OC(c2ccc(N(C3=CC=CCC3)c3ccccc3)cc2)=c2cc3c(cc21)=C(c1ccc(N(c2ccccc2)c2ccccc2)cc1)OC3O. The van der Waals surface area contributed by atoms with Gasteiger partial charge >= 0.3 is 5.97 Å². The number of carbonyl (C=O) groups is 1. The molecule has 1 atom stereocenters. The molecule has 9 rings (SSSR count). The van der Waals surface area contributed by atoms with E-state index in [4.69, 9.17) is 9.47 Å². The number of fused-ring (bicyclic) bond motifs is 2. The molecule has 6 aromatic carbocycles. The zero-order valence-electron chi connectivity index (χ0n) is 28.2. The number of allylic oxidation sites excluding steroid dienone is 4. The lowest BCUT2D eigenvalue weighted by Gasteiger charge is -2.29. The summed E-state index contributed by atoms with van der Waals surface area (Å²) in [6, 6.07) is 50.4. The second kappa shape index (κ2) is 13.2. The first-order valence-corrected chi connectivity index (χ1v) is 17.4. The van der Waals surface area contributed by atoms with Gasteiger partial charge in [0.2, 0.25) is 6.29 Å². The molecule has 252 valence electrons. The normalized spacial score (nSPS) is 15.8. The quantitative estimate of drug-likeness (QED) is 0.162. The fourth-order valence-corrected chi connectivity index (χ4v) is 7.21. The van der Waals surface area contributed by atoms with Gasteiger partial charge in [-0.05, 0) is 116 Å². The third kappa shape index (κ3) is 5.65. The molecule has 0 aromatic heterocycles. The van der Waals surface area contributed by atoms with Crippen molar-refractivity contribution in [3.8, 4) is 0 Å². The minimum Gasteiger partial charge on any atom is -0.460 e. The molecule has 3 aliphatic rings. The number of esters is 1. The molecule has 0 saturated heterocycles. The number of rotatable bonds is 8. The Labute approximate surface area is 301 Å². The topological polar surface area (TPSA) is 62.2 Å². The Morgan fingerprint density at radius 2 is 1.10 bits per heavy atom. The number of hydrogen-bond donors (Lipinski definition) is 1. The van der Waals surface area contributed by atoms with Crippen molar-refractivity contribution in [2.75, 3.05) is 9.80 Å². The maximum absolute atomic E-state index is 13.3. The Kier molecular flexibility index (Phi) is 7.99. The number of aliphatic hydroxyl groups is 1. The summed E-state index contributed by atoms with van der Waals surface area (Å²) in [7, 11) is 0. The molecule has 1 unspecified atom stereocenters. The highest BCUT2D eigenvalue weighted by atomic mass is 16.6. The largest absolute Gasteiger partial charge is 0.460 e. The maximum Gasteiger partial charge on any atom is 0.344 e. The molecule has 2 heterocycles. The zero-order chi connectivity index (χ0) is 35.0. The van der Waals surface area contributed by atoms with Crippen LogP contribution >= 0.6 is 0 Å². The summed E-state index contributed by atoms with van der Waals surface area (Å²) in [6.07, 6.45) is 7.19. The van der Waals surface area contributed by atoms with Crippen LogP contribution in [0, 0.1) is 0 Å². The first-order chi connectivity index (χ1) is 25.6. The summed E-state index contributed by atoms with van der Waals surface area (Å²) < 4.78 is 12.0. The number of cyclic esters (lactones) is 1. The van der Waals surface area contributed by atoms with E-state index in [0.717, 1.165) is 52.4 Å². The number of hydrogen-bond acceptors (Lipinski definition) is 6. The van der Waals surface area contributed by atoms with Crippen LogP contribution in [0.4, 0.5) is 28.4 Å². The average Bonchev–Trinajstić information content (AvgIpc) is 3.71. The lowest BCUT2D eigenvalue weighted by Crippen LogP contribution is -2.20. The Balaban J connectivity index is 1.08. The van der Waals surface area contributed by atoms with Gasteiger partial charge < -0.3 is 24.4 Å². The second-order valence-electron chi connectivity index (χ2n) is 12.9. The van der Waals surface area contributed by atoms with Gasteiger partial charge in [0.15, 0.2) is 0 Å². The number of nitrogens with zero attached hydrogens (tertiary/aromatic N) is 2. The van der Waals surface area contributed by atoms with E-state index in [1.54, 1.807) is 6.07 Å². The first kappa shape index (κ1) is 31.4. The summed E-state index contributed by atoms with van der Waals surface area (Å²) in [5.74, 6) is 0.549. The molecular formula is C46H34N2O4. The van der Waals surface area contributed by atoms with Crippen molar-refractivity contribution in [1.29, 1.82) is 0 Å². The average molecular weight is 679 g/mol. The third-order valence-corrected chi connectivity index (χ3v) is 9.69. The highest BCUT2D eigenvalue weighted by molar-refractivity contribution is 5.98. The van der Waals surface area contributed by atoms with E-state index in [1.165, 1.54) is 5.70 Å². The van der Waals surface area contributed by atoms with Crippen LogP contribution < -0.4 is 20.2 Å². The van der Waals surface area contributed by atoms with Crippen LogP contribution in [-0.2, 0) is 9.47 Å². The monoisotopic (exact) mass is 678 g/mol. The molecule has 1 aliphatic carbocycles. The van der Waals surface area contributed by atoms with E-state index < -0.39 is 12.3 Å². The Morgan fingerprint density at radius 3 is 1.65 bits per heavy atom. The van der Waals surface area contributed by atoms with Gasteiger partial charge in [0.05, 0.1) is 5.56 Å². The van der Waals surface area contributed by atoms with E-state index in [0.29, 0.717) is 33.1 Å². The molecule has 1 N–H and O–H groups in total. The fraction of sp³-hybridized carbons (Fsp3) is 0.0652. The maximum atomic E-state index is 13.3. The van der Waals surface area contributed by atoms with E-state index in [-0.39, 0.29) is 0 Å². The Bertz CT molecular complexity index is 2440. The molecule has 0 spiro atoms. The van der Waals surface area contributed by atoms with Crippen molar-refractivity contribution in [1.82, 2.24) is 0 Å². The zero-order valence-corrected chi connectivity index (χ0v) is 28.2. The molecule has 6 aromatic rings. The second-order valence-corrected chi connectivity index (χ2v) is 12.9. The van der Waals surface area contributed by atoms with Gasteiger partial charge in [-0.3, -0.25) is 0 Å². The van der Waals surface area contributed by atoms with Crippen LogP contribution in [0.2, 0.25) is 0 Å². The molecule has 52 heavy (non-hydrogen) atoms. The molecule has 0 saturated carbocycles. The molecule has 0 amide bonds. The Morgan fingerprint density at radius 1 is 0.577 bits per heavy atom. The molecule has 6 heteroatoms. The van der Waals surface area contributed by atoms with Crippen LogP contribution in [-0.4, -0.2) is 11.1 Å². The molecule has 6 nitrogen and oxygen atoms in total. The standard InChI is InChI=1S/C46H34N2O4/c49-45-41-30-40-42(46(50)52-44(40)32-23-27-38(28-24-32)48(35-17-9-3-10-18-35)36-19-11-4-12-20-36)29-39(41)43(51-45)31-21-25-37(26-22-31)47(33-13-5-1-6-14-33)34-15-7-2-8-16-34/h1-11,13-19,21-30,45,49H,12,20H2. The molecule has 2 aliphatic heterocycles. The predicted molar refractivity (Wildman–Crippen MR) is 205 cm³/mol. The van der Waals surface area contributed by atoms with Gasteiger partial charge in [0, 0.05) is 61.3 Å². The van der Waals surface area contributed by atoms with Crippen molar-refractivity contribution in [3.63, 3.8) is 0 Å². The van der Waals surface area contributed by atoms with Crippen LogP contribution in [0.5, 0.6) is 0 Å². The van der Waals surface area contributed by atoms with E-state index in [1.807, 2.05) is 97.1 Å². The first-order valence-electron chi connectivity index (χ1n) is 17.4. The van der Waals surface area contributed by atoms with Crippen LogP contribution in [0.1, 0.15) is 46.2 Å². The van der Waals surface area contributed by atoms with Crippen molar-refractivity contribution >= 4 is 45.9 Å². The molecule has 0 radical (unpaired) electrons. The van der Waals surface area contributed by atoms with E-state index in [2.05, 4.69) is 76.6 Å². The Hall–Kier alpha value is -6.63. The smallest absolute Gasteiger partial charge is 0.344 e. The number of aliphatic hydroxyl groups excluding tert-OH is 1. The fourth-order valence-electron chi connectivity index (χ4n) is 7.21. The highest BCUT2D eigenvalue weighted by Gasteiger charge is 2.30. The number of para-hydroxylation sites is 3. The number of ether oxygens (including phenoxy) is 2. The van der Waals surface area contributed by atoms with Crippen LogP contribution in [0.3, 0.4) is 0 Å². The van der Waals surface area contributed by atoms with Gasteiger partial charge in [-0.1, -0.05) is 66.7 Å². The van der Waals surface area contributed by atoms with Crippen molar-refractivity contribution in [2.45, 2.75) is 19.1 Å². The van der Waals surface area contributed by atoms with Gasteiger partial charge in [-0.15, -0.1) is 0 Å². The number of anilines is 5.